The van der Waals surface area contributed by atoms with Crippen LogP contribution in [0.3, 0.4) is 0 Å². The molecule has 5 nitrogen and oxygen atoms in total. The minimum atomic E-state index is -0.399. The number of carbonyl (C=O) groups excluding carboxylic acids is 1. The second-order valence-electron chi connectivity index (χ2n) is 8.00. The summed E-state index contributed by atoms with van der Waals surface area (Å²) in [6, 6.07) is 14.6. The van der Waals surface area contributed by atoms with Crippen molar-refractivity contribution < 1.29 is 9.18 Å². The van der Waals surface area contributed by atoms with E-state index in [0.717, 1.165) is 41.9 Å². The van der Waals surface area contributed by atoms with Gasteiger partial charge in [0.05, 0.1) is 16.9 Å². The first-order valence-electron chi connectivity index (χ1n) is 10.7. The average Bonchev–Trinajstić information content (AvgIpc) is 3.23. The Morgan fingerprint density at radius 3 is 2.72 bits per heavy atom. The number of rotatable bonds is 4. The van der Waals surface area contributed by atoms with Gasteiger partial charge in [-0.15, -0.1) is 11.3 Å². The van der Waals surface area contributed by atoms with Gasteiger partial charge in [0, 0.05) is 23.4 Å². The lowest BCUT2D eigenvalue weighted by atomic mass is 10.0. The van der Waals surface area contributed by atoms with Crippen molar-refractivity contribution >= 4 is 28.1 Å². The molecule has 32 heavy (non-hydrogen) atoms. The molecular weight excluding hydrogens is 425 g/mol. The summed E-state index contributed by atoms with van der Waals surface area (Å²) in [5.41, 5.74) is 1.74. The first kappa shape index (κ1) is 20.6. The minimum Gasteiger partial charge on any atom is -0.340 e. The quantitative estimate of drug-likeness (QED) is 0.487. The maximum absolute atomic E-state index is 13.4. The summed E-state index contributed by atoms with van der Waals surface area (Å²) in [4.78, 5) is 31.8. The highest BCUT2D eigenvalue weighted by atomic mass is 32.1. The molecule has 1 amide bonds. The zero-order valence-electron chi connectivity index (χ0n) is 17.4. The van der Waals surface area contributed by atoms with Crippen LogP contribution >= 0.6 is 11.3 Å². The fraction of sp³-hybridized carbons (Fsp3) is 0.240. The molecule has 1 aliphatic rings. The third-order valence-corrected chi connectivity index (χ3v) is 6.82. The van der Waals surface area contributed by atoms with Gasteiger partial charge >= 0.3 is 0 Å². The summed E-state index contributed by atoms with van der Waals surface area (Å²) >= 11 is 1.52. The third kappa shape index (κ3) is 3.96. The van der Waals surface area contributed by atoms with Crippen LogP contribution in [0.25, 0.3) is 10.9 Å². The Bertz CT molecular complexity index is 1330. The molecule has 0 radical (unpaired) electrons. The predicted molar refractivity (Wildman–Crippen MR) is 124 cm³/mol. The number of thiophene rings is 1. The predicted octanol–water partition coefficient (Wildman–Crippen LogP) is 4.84. The highest BCUT2D eigenvalue weighted by Crippen LogP contribution is 2.27. The van der Waals surface area contributed by atoms with E-state index in [4.69, 9.17) is 4.98 Å². The van der Waals surface area contributed by atoms with Crippen LogP contribution in [-0.4, -0.2) is 15.5 Å². The number of aromatic nitrogens is 2. The number of nitrogens with zero attached hydrogens (tertiary/aromatic N) is 2. The highest BCUT2D eigenvalue weighted by Gasteiger charge is 2.20. The topological polar surface area (TPSA) is 64.0 Å². The number of hydrogen-bond acceptors (Lipinski definition) is 4. The molecule has 1 atom stereocenters. The van der Waals surface area contributed by atoms with E-state index in [1.807, 2.05) is 17.5 Å². The largest absolute Gasteiger partial charge is 0.340 e. The summed E-state index contributed by atoms with van der Waals surface area (Å²) in [5.74, 6) is 0.197. The maximum Gasteiger partial charge on any atom is 0.261 e. The molecule has 1 N–H and O–H groups in total. The van der Waals surface area contributed by atoms with Crippen molar-refractivity contribution in [2.45, 2.75) is 38.3 Å². The lowest BCUT2D eigenvalue weighted by Crippen LogP contribution is -2.29. The third-order valence-electron chi connectivity index (χ3n) is 5.89. The van der Waals surface area contributed by atoms with Crippen LogP contribution in [0.15, 0.2) is 64.8 Å². The van der Waals surface area contributed by atoms with Crippen LogP contribution in [0.4, 0.5) is 4.39 Å². The average molecular weight is 448 g/mol. The van der Waals surface area contributed by atoms with Gasteiger partial charge in [-0.3, -0.25) is 14.2 Å². The molecule has 2 aromatic heterocycles. The number of aryl methyl sites for hydroxylation is 1. The Morgan fingerprint density at radius 2 is 1.94 bits per heavy atom. The van der Waals surface area contributed by atoms with E-state index in [1.54, 1.807) is 34.9 Å². The molecule has 2 aromatic carbocycles. The summed E-state index contributed by atoms with van der Waals surface area (Å²) < 4.78 is 15.2. The molecule has 0 spiro atoms. The Kier molecular flexibility index (Phi) is 5.57. The molecule has 162 valence electrons. The Morgan fingerprint density at radius 1 is 1.09 bits per heavy atom. The maximum atomic E-state index is 13.4. The summed E-state index contributed by atoms with van der Waals surface area (Å²) in [7, 11) is 0. The smallest absolute Gasteiger partial charge is 0.261 e. The van der Waals surface area contributed by atoms with Gasteiger partial charge < -0.3 is 5.32 Å². The number of amides is 1. The van der Waals surface area contributed by atoms with E-state index < -0.39 is 6.04 Å². The van der Waals surface area contributed by atoms with Crippen molar-refractivity contribution in [1.29, 1.82) is 0 Å². The SMILES string of the molecule is O=C(NC(c1ccc(F)cc1)c1cccs1)c1ccc2c(=O)n3c(nc2c1)CCCCC3. The first-order chi connectivity index (χ1) is 15.6. The van der Waals surface area contributed by atoms with E-state index in [0.29, 0.717) is 23.0 Å². The lowest BCUT2D eigenvalue weighted by Gasteiger charge is -2.18. The van der Waals surface area contributed by atoms with Gasteiger partial charge in [-0.2, -0.15) is 0 Å². The molecule has 1 unspecified atom stereocenters. The van der Waals surface area contributed by atoms with Gasteiger partial charge in [0.25, 0.3) is 11.5 Å². The summed E-state index contributed by atoms with van der Waals surface area (Å²) in [5, 5.41) is 5.53. The van der Waals surface area contributed by atoms with Crippen molar-refractivity contribution in [1.82, 2.24) is 14.9 Å². The van der Waals surface area contributed by atoms with Crippen LogP contribution in [-0.2, 0) is 13.0 Å². The number of carbonyl (C=O) groups is 1. The number of fused-ring (bicyclic) bond motifs is 2. The minimum absolute atomic E-state index is 0.0402. The normalized spacial score (nSPS) is 14.5. The fourth-order valence-electron chi connectivity index (χ4n) is 4.20. The molecular formula is C25H22FN3O2S. The molecule has 1 aliphatic heterocycles. The molecule has 0 saturated carbocycles. The number of halogens is 1. The zero-order chi connectivity index (χ0) is 22.1. The molecule has 0 bridgehead atoms. The van der Waals surface area contributed by atoms with Gasteiger partial charge in [-0.05, 0) is 60.2 Å². The van der Waals surface area contributed by atoms with Crippen LogP contribution < -0.4 is 10.9 Å². The zero-order valence-corrected chi connectivity index (χ0v) is 18.2. The van der Waals surface area contributed by atoms with Gasteiger partial charge in [-0.25, -0.2) is 9.37 Å². The van der Waals surface area contributed by atoms with Crippen molar-refractivity contribution in [3.8, 4) is 0 Å². The Labute approximate surface area is 188 Å². The monoisotopic (exact) mass is 447 g/mol. The summed E-state index contributed by atoms with van der Waals surface area (Å²) in [6.45, 7) is 0.694. The number of hydrogen-bond donors (Lipinski definition) is 1. The van der Waals surface area contributed by atoms with Crippen LogP contribution in [0.2, 0.25) is 0 Å². The number of nitrogens with one attached hydrogen (secondary N) is 1. The van der Waals surface area contributed by atoms with Gasteiger partial charge in [0.2, 0.25) is 0 Å². The lowest BCUT2D eigenvalue weighted by molar-refractivity contribution is 0.0943. The Balaban J connectivity index is 1.49. The van der Waals surface area contributed by atoms with Gasteiger partial charge in [-0.1, -0.05) is 24.6 Å². The van der Waals surface area contributed by atoms with Gasteiger partial charge in [0.1, 0.15) is 11.6 Å². The molecule has 3 heterocycles. The van der Waals surface area contributed by atoms with Crippen molar-refractivity contribution in [3.63, 3.8) is 0 Å². The van der Waals surface area contributed by atoms with E-state index >= 15 is 0 Å². The second kappa shape index (κ2) is 8.67. The highest BCUT2D eigenvalue weighted by molar-refractivity contribution is 7.10. The van der Waals surface area contributed by atoms with E-state index in [-0.39, 0.29) is 17.3 Å². The van der Waals surface area contributed by atoms with Crippen LogP contribution in [0, 0.1) is 5.82 Å². The van der Waals surface area contributed by atoms with E-state index in [9.17, 15) is 14.0 Å². The van der Waals surface area contributed by atoms with E-state index in [1.165, 1.54) is 23.5 Å². The molecule has 5 rings (SSSR count). The van der Waals surface area contributed by atoms with Crippen molar-refractivity contribution in [3.05, 3.63) is 98.0 Å². The van der Waals surface area contributed by atoms with Crippen molar-refractivity contribution in [2.75, 3.05) is 0 Å². The first-order valence-corrected chi connectivity index (χ1v) is 11.6. The molecule has 7 heteroatoms. The second-order valence-corrected chi connectivity index (χ2v) is 8.98. The van der Waals surface area contributed by atoms with Gasteiger partial charge in [0.15, 0.2) is 0 Å². The van der Waals surface area contributed by atoms with Crippen LogP contribution in [0.5, 0.6) is 0 Å². The Hall–Kier alpha value is -3.32. The van der Waals surface area contributed by atoms with Crippen LogP contribution in [0.1, 0.15) is 51.9 Å². The molecule has 0 fully saturated rings. The van der Waals surface area contributed by atoms with Crippen molar-refractivity contribution in [2.24, 2.45) is 0 Å². The molecule has 0 saturated heterocycles. The summed E-state index contributed by atoms with van der Waals surface area (Å²) in [6.07, 6.45) is 3.85. The molecule has 4 aromatic rings. The fourth-order valence-corrected chi connectivity index (χ4v) is 5.01. The van der Waals surface area contributed by atoms with E-state index in [2.05, 4.69) is 5.32 Å². The molecule has 0 aliphatic carbocycles. The number of benzene rings is 2. The standard InChI is InChI=1S/C25H22FN3O2S/c26-18-10-7-16(8-11-18)23(21-5-4-14-32-21)28-24(30)17-9-12-19-20(15-17)27-22-6-2-1-3-13-29(22)25(19)31/h4-5,7-12,14-15,23H,1-3,6,13H2,(H,28,30).